The topological polar surface area (TPSA) is 47.6 Å². The predicted octanol–water partition coefficient (Wildman–Crippen LogP) is 4.36. The van der Waals surface area contributed by atoms with Crippen LogP contribution in [0.4, 0.5) is 5.69 Å². The first-order valence-electron chi connectivity index (χ1n) is 6.69. The molecule has 4 nitrogen and oxygen atoms in total. The van der Waals surface area contributed by atoms with Crippen LogP contribution in [0.1, 0.15) is 6.92 Å². The third-order valence-electron chi connectivity index (χ3n) is 2.71. The van der Waals surface area contributed by atoms with Gasteiger partial charge in [0, 0.05) is 3.57 Å². The van der Waals surface area contributed by atoms with E-state index in [1.165, 1.54) is 0 Å². The number of anilines is 1. The van der Waals surface area contributed by atoms with E-state index >= 15 is 0 Å². The van der Waals surface area contributed by atoms with Crippen LogP contribution >= 0.6 is 34.2 Å². The lowest BCUT2D eigenvalue weighted by Gasteiger charge is -2.13. The standard InChI is InChI=1S/C16H15ClINO3/c1-2-21-16-13(17)4-3-5-14(16)19-15(20)10-22-12-8-6-11(18)7-9-12/h3-9H,2,10H2,1H3,(H,19,20). The maximum atomic E-state index is 12.0. The molecule has 0 unspecified atom stereocenters. The maximum Gasteiger partial charge on any atom is 0.262 e. The molecule has 0 spiro atoms. The number of carbonyl (C=O) groups excluding carboxylic acids is 1. The molecule has 1 amide bonds. The number of benzene rings is 2. The summed E-state index contributed by atoms with van der Waals surface area (Å²) in [7, 11) is 0. The van der Waals surface area contributed by atoms with E-state index < -0.39 is 0 Å². The quantitative estimate of drug-likeness (QED) is 0.691. The second-order valence-electron chi connectivity index (χ2n) is 4.34. The lowest BCUT2D eigenvalue weighted by atomic mass is 10.3. The molecule has 6 heteroatoms. The number of rotatable bonds is 6. The number of hydrogen-bond acceptors (Lipinski definition) is 3. The summed E-state index contributed by atoms with van der Waals surface area (Å²) >= 11 is 8.28. The van der Waals surface area contributed by atoms with E-state index in [2.05, 4.69) is 27.9 Å². The van der Waals surface area contributed by atoms with Crippen molar-refractivity contribution in [1.29, 1.82) is 0 Å². The number of ether oxygens (including phenoxy) is 2. The molecule has 22 heavy (non-hydrogen) atoms. The van der Waals surface area contributed by atoms with Gasteiger partial charge in [0.1, 0.15) is 5.75 Å². The third kappa shape index (κ3) is 4.78. The van der Waals surface area contributed by atoms with Crippen molar-refractivity contribution in [2.24, 2.45) is 0 Å². The van der Waals surface area contributed by atoms with Crippen molar-refractivity contribution in [3.63, 3.8) is 0 Å². The zero-order valence-corrected chi connectivity index (χ0v) is 14.8. The lowest BCUT2D eigenvalue weighted by Crippen LogP contribution is -2.20. The Morgan fingerprint density at radius 2 is 1.91 bits per heavy atom. The van der Waals surface area contributed by atoms with Gasteiger partial charge in [0.2, 0.25) is 0 Å². The third-order valence-corrected chi connectivity index (χ3v) is 3.73. The molecule has 0 saturated heterocycles. The molecular formula is C16H15ClINO3. The van der Waals surface area contributed by atoms with E-state index in [0.29, 0.717) is 28.8 Å². The molecule has 0 aliphatic carbocycles. The summed E-state index contributed by atoms with van der Waals surface area (Å²) in [5.74, 6) is 0.836. The van der Waals surface area contributed by atoms with Crippen molar-refractivity contribution in [2.45, 2.75) is 6.92 Å². The van der Waals surface area contributed by atoms with Gasteiger partial charge in [0.15, 0.2) is 12.4 Å². The zero-order valence-electron chi connectivity index (χ0n) is 11.9. The van der Waals surface area contributed by atoms with Crippen molar-refractivity contribution in [2.75, 3.05) is 18.5 Å². The van der Waals surface area contributed by atoms with E-state index in [0.717, 1.165) is 3.57 Å². The van der Waals surface area contributed by atoms with Crippen molar-refractivity contribution in [3.05, 3.63) is 51.1 Å². The lowest BCUT2D eigenvalue weighted by molar-refractivity contribution is -0.118. The molecule has 0 aliphatic heterocycles. The first-order chi connectivity index (χ1) is 10.6. The summed E-state index contributed by atoms with van der Waals surface area (Å²) in [6, 6.07) is 12.7. The van der Waals surface area contributed by atoms with Crippen molar-refractivity contribution in [1.82, 2.24) is 0 Å². The summed E-state index contributed by atoms with van der Waals surface area (Å²) in [6.07, 6.45) is 0. The van der Waals surface area contributed by atoms with E-state index in [1.54, 1.807) is 18.2 Å². The smallest absolute Gasteiger partial charge is 0.262 e. The van der Waals surface area contributed by atoms with Gasteiger partial charge in [-0.2, -0.15) is 0 Å². The Bertz CT molecular complexity index is 646. The van der Waals surface area contributed by atoms with Crippen LogP contribution < -0.4 is 14.8 Å². The van der Waals surface area contributed by atoms with Gasteiger partial charge < -0.3 is 14.8 Å². The fourth-order valence-corrected chi connectivity index (χ4v) is 2.35. The van der Waals surface area contributed by atoms with Crippen LogP contribution in [-0.4, -0.2) is 19.1 Å². The molecule has 0 bridgehead atoms. The SMILES string of the molecule is CCOc1c(Cl)cccc1NC(=O)COc1ccc(I)cc1. The molecule has 0 aliphatic rings. The maximum absolute atomic E-state index is 12.0. The Morgan fingerprint density at radius 1 is 1.18 bits per heavy atom. The van der Waals surface area contributed by atoms with Crippen molar-refractivity contribution >= 4 is 45.8 Å². The minimum atomic E-state index is -0.276. The number of carbonyl (C=O) groups is 1. The van der Waals surface area contributed by atoms with Gasteiger partial charge in [-0.15, -0.1) is 0 Å². The summed E-state index contributed by atoms with van der Waals surface area (Å²) in [5.41, 5.74) is 0.533. The van der Waals surface area contributed by atoms with E-state index in [-0.39, 0.29) is 12.5 Å². The fraction of sp³-hybridized carbons (Fsp3) is 0.188. The molecule has 0 heterocycles. The minimum Gasteiger partial charge on any atom is -0.490 e. The van der Waals surface area contributed by atoms with Crippen LogP contribution in [0.15, 0.2) is 42.5 Å². The highest BCUT2D eigenvalue weighted by molar-refractivity contribution is 14.1. The largest absolute Gasteiger partial charge is 0.490 e. The molecule has 0 aromatic heterocycles. The van der Waals surface area contributed by atoms with Gasteiger partial charge in [-0.25, -0.2) is 0 Å². The Kier molecular flexibility index (Phi) is 6.33. The average Bonchev–Trinajstić information content (AvgIpc) is 2.50. The number of amides is 1. The molecule has 2 aromatic rings. The minimum absolute atomic E-state index is 0.0847. The average molecular weight is 432 g/mol. The highest BCUT2D eigenvalue weighted by atomic mass is 127. The number of halogens is 2. The number of hydrogen-bond donors (Lipinski definition) is 1. The Morgan fingerprint density at radius 3 is 2.59 bits per heavy atom. The second-order valence-corrected chi connectivity index (χ2v) is 5.99. The monoisotopic (exact) mass is 431 g/mol. The number of para-hydroxylation sites is 1. The molecule has 0 radical (unpaired) electrons. The van der Waals surface area contributed by atoms with Crippen LogP contribution in [0, 0.1) is 3.57 Å². The van der Waals surface area contributed by atoms with E-state index in [1.807, 2.05) is 31.2 Å². The Labute approximate surface area is 147 Å². The van der Waals surface area contributed by atoms with E-state index in [4.69, 9.17) is 21.1 Å². The van der Waals surface area contributed by atoms with Gasteiger partial charge in [-0.1, -0.05) is 17.7 Å². The summed E-state index contributed by atoms with van der Waals surface area (Å²) in [6.45, 7) is 2.24. The van der Waals surface area contributed by atoms with Gasteiger partial charge in [0.05, 0.1) is 17.3 Å². The van der Waals surface area contributed by atoms with Gasteiger partial charge in [-0.05, 0) is 65.9 Å². The van der Waals surface area contributed by atoms with Crippen LogP contribution in [0.5, 0.6) is 11.5 Å². The first-order valence-corrected chi connectivity index (χ1v) is 8.15. The predicted molar refractivity (Wildman–Crippen MR) is 95.9 cm³/mol. The molecule has 1 N–H and O–H groups in total. The highest BCUT2D eigenvalue weighted by Gasteiger charge is 2.11. The van der Waals surface area contributed by atoms with Gasteiger partial charge in [0.25, 0.3) is 5.91 Å². The molecule has 116 valence electrons. The molecule has 2 aromatic carbocycles. The Balaban J connectivity index is 1.97. The van der Waals surface area contributed by atoms with Crippen LogP contribution in [0.3, 0.4) is 0 Å². The van der Waals surface area contributed by atoms with Crippen molar-refractivity contribution < 1.29 is 14.3 Å². The highest BCUT2D eigenvalue weighted by Crippen LogP contribution is 2.32. The molecule has 0 atom stereocenters. The molecule has 0 saturated carbocycles. The Hall–Kier alpha value is -1.47. The van der Waals surface area contributed by atoms with Crippen molar-refractivity contribution in [3.8, 4) is 11.5 Å². The number of nitrogens with one attached hydrogen (secondary N) is 1. The summed E-state index contributed by atoms with van der Waals surface area (Å²) in [5, 5.41) is 3.20. The molecule has 2 rings (SSSR count). The van der Waals surface area contributed by atoms with Gasteiger partial charge >= 0.3 is 0 Å². The fourth-order valence-electron chi connectivity index (χ4n) is 1.76. The molecule has 0 fully saturated rings. The van der Waals surface area contributed by atoms with Crippen LogP contribution in [-0.2, 0) is 4.79 Å². The molecular weight excluding hydrogens is 417 g/mol. The zero-order chi connectivity index (χ0) is 15.9. The second kappa shape index (κ2) is 8.24. The summed E-state index contributed by atoms with van der Waals surface area (Å²) in [4.78, 5) is 12.0. The normalized spacial score (nSPS) is 10.1. The van der Waals surface area contributed by atoms with Gasteiger partial charge in [-0.3, -0.25) is 4.79 Å². The van der Waals surface area contributed by atoms with E-state index in [9.17, 15) is 4.79 Å². The summed E-state index contributed by atoms with van der Waals surface area (Å²) < 4.78 is 12.0. The van der Waals surface area contributed by atoms with Crippen LogP contribution in [0.2, 0.25) is 5.02 Å². The van der Waals surface area contributed by atoms with Crippen LogP contribution in [0.25, 0.3) is 0 Å². The first kappa shape index (κ1) is 16.9.